The highest BCUT2D eigenvalue weighted by molar-refractivity contribution is 7.92. The normalized spacial score (nSPS) is 22.3. The van der Waals surface area contributed by atoms with Gasteiger partial charge in [-0.2, -0.15) is 0 Å². The highest BCUT2D eigenvalue weighted by Gasteiger charge is 2.55. The molecule has 7 heteroatoms. The standard InChI is InChI=1S/C16H24O6S/c1-12(2)14(21-11-20-10-9-19-3)15-16(22-15)23(17,18)13-7-5-4-6-8-13/h4-8,12,14-16H,9-11H2,1-3H3/t14?,15-,16-/m1/s1. The van der Waals surface area contributed by atoms with Crippen molar-refractivity contribution in [2.45, 2.75) is 36.4 Å². The van der Waals surface area contributed by atoms with Crippen molar-refractivity contribution in [1.82, 2.24) is 0 Å². The molecule has 1 heterocycles. The van der Waals surface area contributed by atoms with Crippen molar-refractivity contribution < 1.29 is 27.4 Å². The molecule has 1 aliphatic heterocycles. The predicted molar refractivity (Wildman–Crippen MR) is 84.7 cm³/mol. The third-order valence-corrected chi connectivity index (χ3v) is 5.54. The fourth-order valence-electron chi connectivity index (χ4n) is 2.33. The van der Waals surface area contributed by atoms with Crippen LogP contribution in [-0.2, 0) is 28.8 Å². The number of benzene rings is 1. The zero-order valence-corrected chi connectivity index (χ0v) is 14.5. The lowest BCUT2D eigenvalue weighted by Crippen LogP contribution is -2.30. The van der Waals surface area contributed by atoms with Gasteiger partial charge in [0.2, 0.25) is 9.84 Å². The van der Waals surface area contributed by atoms with Crippen molar-refractivity contribution in [3.05, 3.63) is 30.3 Å². The fourth-order valence-corrected chi connectivity index (χ4v) is 3.92. The molecule has 3 atom stereocenters. The summed E-state index contributed by atoms with van der Waals surface area (Å²) in [5.74, 6) is 0.113. The van der Waals surface area contributed by atoms with E-state index < -0.39 is 21.4 Å². The minimum absolute atomic E-state index is 0.0875. The average molecular weight is 344 g/mol. The SMILES string of the molecule is COCCOCOC(C(C)C)[C@H]1O[C@@H]1S(=O)(=O)c1ccccc1. The van der Waals surface area contributed by atoms with Gasteiger partial charge in [0.05, 0.1) is 24.2 Å². The van der Waals surface area contributed by atoms with Gasteiger partial charge in [0, 0.05) is 7.11 Å². The Morgan fingerprint density at radius 1 is 1.17 bits per heavy atom. The largest absolute Gasteiger partial charge is 0.382 e. The summed E-state index contributed by atoms with van der Waals surface area (Å²) in [5, 5.41) is 0. The molecule has 1 fully saturated rings. The Hall–Kier alpha value is -0.990. The number of ether oxygens (including phenoxy) is 4. The summed E-state index contributed by atoms with van der Waals surface area (Å²) >= 11 is 0. The fraction of sp³-hybridized carbons (Fsp3) is 0.625. The molecular weight excluding hydrogens is 320 g/mol. The van der Waals surface area contributed by atoms with Crippen LogP contribution in [0.15, 0.2) is 35.2 Å². The lowest BCUT2D eigenvalue weighted by molar-refractivity contribution is -0.115. The van der Waals surface area contributed by atoms with Crippen LogP contribution in [0.3, 0.4) is 0 Å². The van der Waals surface area contributed by atoms with Gasteiger partial charge in [-0.1, -0.05) is 32.0 Å². The first-order chi connectivity index (χ1) is 11.0. The van der Waals surface area contributed by atoms with E-state index >= 15 is 0 Å². The lowest BCUT2D eigenvalue weighted by atomic mass is 10.1. The van der Waals surface area contributed by atoms with Gasteiger partial charge in [0.1, 0.15) is 12.9 Å². The number of hydrogen-bond donors (Lipinski definition) is 0. The van der Waals surface area contributed by atoms with Gasteiger partial charge in [-0.05, 0) is 18.1 Å². The first-order valence-corrected chi connectivity index (χ1v) is 9.15. The zero-order valence-electron chi connectivity index (χ0n) is 13.7. The molecule has 0 amide bonds. The summed E-state index contributed by atoms with van der Waals surface area (Å²) in [6, 6.07) is 8.33. The zero-order chi connectivity index (χ0) is 16.9. The molecule has 0 N–H and O–H groups in total. The van der Waals surface area contributed by atoms with Crippen LogP contribution in [0, 0.1) is 5.92 Å². The third-order valence-electron chi connectivity index (χ3n) is 3.62. The molecule has 0 saturated carbocycles. The van der Waals surface area contributed by atoms with E-state index in [1.165, 1.54) is 0 Å². The Morgan fingerprint density at radius 3 is 2.48 bits per heavy atom. The number of methoxy groups -OCH3 is 1. The molecule has 1 aliphatic rings. The van der Waals surface area contributed by atoms with Crippen molar-refractivity contribution in [3.8, 4) is 0 Å². The molecular formula is C16H24O6S. The lowest BCUT2D eigenvalue weighted by Gasteiger charge is -2.19. The quantitative estimate of drug-likeness (QED) is 0.366. The highest BCUT2D eigenvalue weighted by atomic mass is 32.2. The van der Waals surface area contributed by atoms with Crippen molar-refractivity contribution in [2.24, 2.45) is 5.92 Å². The molecule has 1 aromatic carbocycles. The van der Waals surface area contributed by atoms with Gasteiger partial charge in [0.25, 0.3) is 0 Å². The first kappa shape index (κ1) is 18.4. The number of rotatable bonds is 10. The molecule has 0 radical (unpaired) electrons. The Bertz CT molecular complexity index is 571. The second-order valence-corrected chi connectivity index (χ2v) is 7.75. The summed E-state index contributed by atoms with van der Waals surface area (Å²) < 4.78 is 46.3. The van der Waals surface area contributed by atoms with Crippen LogP contribution in [0.25, 0.3) is 0 Å². The van der Waals surface area contributed by atoms with Gasteiger partial charge in [-0.25, -0.2) is 8.42 Å². The van der Waals surface area contributed by atoms with E-state index in [9.17, 15) is 8.42 Å². The monoisotopic (exact) mass is 344 g/mol. The van der Waals surface area contributed by atoms with E-state index in [4.69, 9.17) is 18.9 Å². The Balaban J connectivity index is 1.93. The van der Waals surface area contributed by atoms with E-state index in [0.717, 1.165) is 0 Å². The summed E-state index contributed by atoms with van der Waals surface area (Å²) in [7, 11) is -1.90. The highest BCUT2D eigenvalue weighted by Crippen LogP contribution is 2.37. The summed E-state index contributed by atoms with van der Waals surface area (Å²) in [5.41, 5.74) is -0.851. The molecule has 1 unspecified atom stereocenters. The van der Waals surface area contributed by atoms with Crippen LogP contribution in [0.2, 0.25) is 0 Å². The molecule has 0 spiro atoms. The second kappa shape index (κ2) is 8.21. The van der Waals surface area contributed by atoms with Gasteiger partial charge < -0.3 is 18.9 Å². The Kier molecular flexibility index (Phi) is 6.55. The molecule has 0 aromatic heterocycles. The topological polar surface area (TPSA) is 74.4 Å². The average Bonchev–Trinajstić information content (AvgIpc) is 3.32. The van der Waals surface area contributed by atoms with Crippen LogP contribution in [0.5, 0.6) is 0 Å². The van der Waals surface area contributed by atoms with E-state index in [2.05, 4.69) is 0 Å². The van der Waals surface area contributed by atoms with Gasteiger partial charge >= 0.3 is 0 Å². The maximum atomic E-state index is 12.5. The van der Waals surface area contributed by atoms with Gasteiger partial charge in [0.15, 0.2) is 5.44 Å². The van der Waals surface area contributed by atoms with E-state index in [-0.39, 0.29) is 23.7 Å². The first-order valence-electron chi connectivity index (χ1n) is 7.61. The Morgan fingerprint density at radius 2 is 1.87 bits per heavy atom. The number of epoxide rings is 1. The summed E-state index contributed by atoms with van der Waals surface area (Å²) in [6.45, 7) is 4.94. The van der Waals surface area contributed by atoms with Gasteiger partial charge in [-0.15, -0.1) is 0 Å². The minimum atomic E-state index is -3.50. The molecule has 6 nitrogen and oxygen atoms in total. The van der Waals surface area contributed by atoms with E-state index in [0.29, 0.717) is 13.2 Å². The molecule has 1 aromatic rings. The molecule has 130 valence electrons. The maximum absolute atomic E-state index is 12.5. The molecule has 1 saturated heterocycles. The Labute approximate surface area is 137 Å². The number of sulfone groups is 1. The van der Waals surface area contributed by atoms with E-state index in [1.54, 1.807) is 37.4 Å². The smallest absolute Gasteiger partial charge is 0.207 e. The third kappa shape index (κ3) is 4.74. The van der Waals surface area contributed by atoms with Crippen molar-refractivity contribution in [2.75, 3.05) is 27.1 Å². The van der Waals surface area contributed by atoms with Crippen LogP contribution in [0.4, 0.5) is 0 Å². The van der Waals surface area contributed by atoms with Crippen molar-refractivity contribution in [1.29, 1.82) is 0 Å². The maximum Gasteiger partial charge on any atom is 0.207 e. The number of hydrogen-bond acceptors (Lipinski definition) is 6. The van der Waals surface area contributed by atoms with Crippen LogP contribution in [-0.4, -0.2) is 53.2 Å². The molecule has 0 bridgehead atoms. The van der Waals surface area contributed by atoms with Gasteiger partial charge in [-0.3, -0.25) is 0 Å². The van der Waals surface area contributed by atoms with Crippen LogP contribution in [0.1, 0.15) is 13.8 Å². The molecule has 23 heavy (non-hydrogen) atoms. The predicted octanol–water partition coefficient (Wildman–Crippen LogP) is 1.85. The second-order valence-electron chi connectivity index (χ2n) is 5.72. The summed E-state index contributed by atoms with van der Waals surface area (Å²) in [4.78, 5) is 0.270. The van der Waals surface area contributed by atoms with Crippen LogP contribution < -0.4 is 0 Å². The minimum Gasteiger partial charge on any atom is -0.382 e. The summed E-state index contributed by atoms with van der Waals surface area (Å²) in [6.07, 6.45) is -0.799. The van der Waals surface area contributed by atoms with Crippen molar-refractivity contribution >= 4 is 9.84 Å². The van der Waals surface area contributed by atoms with E-state index in [1.807, 2.05) is 13.8 Å². The van der Waals surface area contributed by atoms with Crippen LogP contribution >= 0.6 is 0 Å². The molecule has 2 rings (SSSR count). The van der Waals surface area contributed by atoms with Crippen molar-refractivity contribution in [3.63, 3.8) is 0 Å². The molecule has 0 aliphatic carbocycles.